The Labute approximate surface area is 130 Å². The van der Waals surface area contributed by atoms with Gasteiger partial charge in [-0.15, -0.1) is 11.3 Å². The van der Waals surface area contributed by atoms with E-state index in [0.29, 0.717) is 19.7 Å². The molecule has 2 atom stereocenters. The van der Waals surface area contributed by atoms with Crippen molar-refractivity contribution in [3.63, 3.8) is 0 Å². The number of hydrogen-bond acceptors (Lipinski definition) is 4. The van der Waals surface area contributed by atoms with Gasteiger partial charge < -0.3 is 15.4 Å². The summed E-state index contributed by atoms with van der Waals surface area (Å²) in [6.07, 6.45) is 4.36. The minimum Gasteiger partial charge on any atom is -0.375 e. The lowest BCUT2D eigenvalue weighted by atomic mass is 9.90. The molecular weight excluding hydrogens is 284 g/mol. The normalized spacial score (nSPS) is 26.3. The highest BCUT2D eigenvalue weighted by molar-refractivity contribution is 7.14. The fraction of sp³-hybridized carbons (Fsp3) is 0.688. The highest BCUT2D eigenvalue weighted by Crippen LogP contribution is 2.32. The Bertz CT molecular complexity index is 514. The van der Waals surface area contributed by atoms with E-state index in [9.17, 15) is 4.79 Å². The molecular formula is C16H24N2O2S. The third-order valence-electron chi connectivity index (χ3n) is 4.44. The summed E-state index contributed by atoms with van der Waals surface area (Å²) in [5.74, 6) is 0.897. The molecule has 1 aromatic rings. The number of carbonyl (C=O) groups is 1. The molecule has 5 heteroatoms. The van der Waals surface area contributed by atoms with Gasteiger partial charge in [0.15, 0.2) is 0 Å². The van der Waals surface area contributed by atoms with Crippen LogP contribution in [0.3, 0.4) is 0 Å². The van der Waals surface area contributed by atoms with Gasteiger partial charge in [-0.1, -0.05) is 6.92 Å². The quantitative estimate of drug-likeness (QED) is 0.910. The number of carbonyl (C=O) groups excluding carboxylic acids is 1. The van der Waals surface area contributed by atoms with E-state index >= 15 is 0 Å². The molecule has 3 rings (SSSR count). The van der Waals surface area contributed by atoms with Crippen molar-refractivity contribution < 1.29 is 9.53 Å². The van der Waals surface area contributed by atoms with Crippen LogP contribution in [0.5, 0.6) is 0 Å². The predicted octanol–water partition coefficient (Wildman–Crippen LogP) is 2.06. The molecule has 1 aliphatic heterocycles. The molecule has 0 radical (unpaired) electrons. The molecule has 0 saturated carbocycles. The molecule has 0 spiro atoms. The van der Waals surface area contributed by atoms with Gasteiger partial charge in [-0.3, -0.25) is 4.79 Å². The van der Waals surface area contributed by atoms with Crippen molar-refractivity contribution in [3.8, 4) is 0 Å². The highest BCUT2D eigenvalue weighted by atomic mass is 32.1. The molecule has 1 saturated heterocycles. The fourth-order valence-electron chi connectivity index (χ4n) is 3.19. The topological polar surface area (TPSA) is 55.6 Å². The van der Waals surface area contributed by atoms with Gasteiger partial charge >= 0.3 is 0 Å². The fourth-order valence-corrected chi connectivity index (χ4v) is 4.37. The van der Waals surface area contributed by atoms with Crippen LogP contribution >= 0.6 is 11.3 Å². The first-order valence-electron chi connectivity index (χ1n) is 7.90. The summed E-state index contributed by atoms with van der Waals surface area (Å²) in [6.45, 7) is 4.86. The molecule has 2 heterocycles. The number of nitrogens with two attached hydrogens (primary N) is 1. The molecule has 0 aromatic carbocycles. The second-order valence-electron chi connectivity index (χ2n) is 6.24. The van der Waals surface area contributed by atoms with Crippen LogP contribution < -0.4 is 5.73 Å². The summed E-state index contributed by atoms with van der Waals surface area (Å²) in [4.78, 5) is 17.0. The summed E-state index contributed by atoms with van der Waals surface area (Å²) in [7, 11) is 0. The van der Waals surface area contributed by atoms with Gasteiger partial charge in [0.2, 0.25) is 0 Å². The number of ether oxygens (including phenoxy) is 1. The zero-order chi connectivity index (χ0) is 14.8. The lowest BCUT2D eigenvalue weighted by molar-refractivity contribution is 0.0522. The van der Waals surface area contributed by atoms with E-state index < -0.39 is 0 Å². The number of rotatable bonds is 2. The number of amides is 1. The third-order valence-corrected chi connectivity index (χ3v) is 5.67. The molecule has 116 valence electrons. The third kappa shape index (κ3) is 3.30. The molecule has 1 fully saturated rings. The van der Waals surface area contributed by atoms with Crippen molar-refractivity contribution in [2.45, 2.75) is 38.7 Å². The molecule has 2 unspecified atom stereocenters. The van der Waals surface area contributed by atoms with Crippen LogP contribution in [0.4, 0.5) is 0 Å². The zero-order valence-corrected chi connectivity index (χ0v) is 13.5. The molecule has 1 aliphatic carbocycles. The molecule has 1 amide bonds. The van der Waals surface area contributed by atoms with E-state index in [0.717, 1.165) is 36.6 Å². The Balaban J connectivity index is 1.75. The second kappa shape index (κ2) is 6.46. The molecule has 2 N–H and O–H groups in total. The summed E-state index contributed by atoms with van der Waals surface area (Å²) in [5.41, 5.74) is 7.10. The summed E-state index contributed by atoms with van der Waals surface area (Å²) in [5, 5.41) is 0. The number of fused-ring (bicyclic) bond motifs is 1. The van der Waals surface area contributed by atoms with Crippen LogP contribution in [0.1, 0.15) is 39.9 Å². The SMILES string of the molecule is CC1CCc2sc(C(=O)N3CCCOC(CN)C3)cc2C1. The monoisotopic (exact) mass is 308 g/mol. The maximum atomic E-state index is 12.8. The first-order valence-corrected chi connectivity index (χ1v) is 8.71. The Morgan fingerprint density at radius 3 is 3.24 bits per heavy atom. The maximum absolute atomic E-state index is 12.8. The van der Waals surface area contributed by atoms with Gasteiger partial charge in [0.05, 0.1) is 11.0 Å². The number of nitrogens with zero attached hydrogens (tertiary/aromatic N) is 1. The smallest absolute Gasteiger partial charge is 0.264 e. The number of thiophene rings is 1. The van der Waals surface area contributed by atoms with Gasteiger partial charge in [0.25, 0.3) is 5.91 Å². The van der Waals surface area contributed by atoms with E-state index in [2.05, 4.69) is 13.0 Å². The van der Waals surface area contributed by atoms with Crippen LogP contribution in [0, 0.1) is 5.92 Å². The van der Waals surface area contributed by atoms with Gasteiger partial charge in [0, 0.05) is 31.1 Å². The standard InChI is InChI=1S/C16H24N2O2S/c1-11-3-4-14-12(7-11)8-15(21-14)16(19)18-5-2-6-20-13(9-17)10-18/h8,11,13H,2-7,9-10,17H2,1H3. The Morgan fingerprint density at radius 2 is 2.43 bits per heavy atom. The molecule has 4 nitrogen and oxygen atoms in total. The van der Waals surface area contributed by atoms with E-state index in [1.807, 2.05) is 4.90 Å². The van der Waals surface area contributed by atoms with Gasteiger partial charge in [-0.2, -0.15) is 0 Å². The Kier molecular flexibility index (Phi) is 4.62. The van der Waals surface area contributed by atoms with Crippen LogP contribution in [-0.2, 0) is 17.6 Å². The lowest BCUT2D eigenvalue weighted by Crippen LogP contribution is -2.39. The van der Waals surface area contributed by atoms with Crippen molar-refractivity contribution in [1.29, 1.82) is 0 Å². The van der Waals surface area contributed by atoms with E-state index in [4.69, 9.17) is 10.5 Å². The van der Waals surface area contributed by atoms with Gasteiger partial charge in [-0.05, 0) is 43.2 Å². The Morgan fingerprint density at radius 1 is 1.57 bits per heavy atom. The number of aryl methyl sites for hydroxylation is 1. The minimum absolute atomic E-state index is 0.0222. The average Bonchev–Trinajstić information content (AvgIpc) is 2.75. The number of hydrogen-bond donors (Lipinski definition) is 1. The average molecular weight is 308 g/mol. The van der Waals surface area contributed by atoms with E-state index in [-0.39, 0.29) is 12.0 Å². The van der Waals surface area contributed by atoms with Crippen molar-refractivity contribution in [1.82, 2.24) is 4.90 Å². The summed E-state index contributed by atoms with van der Waals surface area (Å²) in [6, 6.07) is 2.13. The molecule has 2 aliphatic rings. The first kappa shape index (κ1) is 15.0. The summed E-state index contributed by atoms with van der Waals surface area (Å²) < 4.78 is 5.65. The second-order valence-corrected chi connectivity index (χ2v) is 7.38. The molecule has 21 heavy (non-hydrogen) atoms. The van der Waals surface area contributed by atoms with Crippen molar-refractivity contribution in [2.75, 3.05) is 26.2 Å². The van der Waals surface area contributed by atoms with Crippen LogP contribution in [0.2, 0.25) is 0 Å². The van der Waals surface area contributed by atoms with Gasteiger partial charge in [0.1, 0.15) is 0 Å². The van der Waals surface area contributed by atoms with Gasteiger partial charge in [-0.25, -0.2) is 0 Å². The Hall–Kier alpha value is -0.910. The highest BCUT2D eigenvalue weighted by Gasteiger charge is 2.26. The first-order chi connectivity index (χ1) is 10.2. The molecule has 0 bridgehead atoms. The summed E-state index contributed by atoms with van der Waals surface area (Å²) >= 11 is 1.69. The maximum Gasteiger partial charge on any atom is 0.264 e. The van der Waals surface area contributed by atoms with E-state index in [1.54, 1.807) is 11.3 Å². The van der Waals surface area contributed by atoms with Crippen molar-refractivity contribution in [2.24, 2.45) is 11.7 Å². The largest absolute Gasteiger partial charge is 0.375 e. The zero-order valence-electron chi connectivity index (χ0n) is 12.6. The van der Waals surface area contributed by atoms with Crippen molar-refractivity contribution >= 4 is 17.2 Å². The van der Waals surface area contributed by atoms with Crippen LogP contribution in [0.15, 0.2) is 6.07 Å². The molecule has 1 aromatic heterocycles. The van der Waals surface area contributed by atoms with Crippen LogP contribution in [0.25, 0.3) is 0 Å². The lowest BCUT2D eigenvalue weighted by Gasteiger charge is -2.22. The minimum atomic E-state index is -0.0222. The van der Waals surface area contributed by atoms with E-state index in [1.165, 1.54) is 16.9 Å². The van der Waals surface area contributed by atoms with Crippen LogP contribution in [-0.4, -0.2) is 43.2 Å². The predicted molar refractivity (Wildman–Crippen MR) is 84.8 cm³/mol. The van der Waals surface area contributed by atoms with Crippen molar-refractivity contribution in [3.05, 3.63) is 21.4 Å².